The van der Waals surface area contributed by atoms with Crippen LogP contribution in [0.5, 0.6) is 0 Å². The van der Waals surface area contributed by atoms with E-state index in [9.17, 15) is 0 Å². The van der Waals surface area contributed by atoms with E-state index in [1.54, 1.807) is 0 Å². The van der Waals surface area contributed by atoms with Crippen molar-refractivity contribution in [1.29, 1.82) is 0 Å². The molecule has 2 heteroatoms. The van der Waals surface area contributed by atoms with Crippen molar-refractivity contribution in [3.05, 3.63) is 12.3 Å². The Morgan fingerprint density at radius 2 is 1.56 bits per heavy atom. The van der Waals surface area contributed by atoms with Crippen molar-refractivity contribution in [1.82, 2.24) is 0 Å². The maximum absolute atomic E-state index is 5.58. The van der Waals surface area contributed by atoms with Gasteiger partial charge in [-0.05, 0) is 25.8 Å². The fourth-order valence-corrected chi connectivity index (χ4v) is 1.39. The van der Waals surface area contributed by atoms with Gasteiger partial charge in [0.15, 0.2) is 6.26 Å². The molecular formula is C14H30NO+. The molecule has 2 nitrogen and oxygen atoms in total. The number of hydroxylamine groups is 3. The predicted molar refractivity (Wildman–Crippen MR) is 70.9 cm³/mol. The van der Waals surface area contributed by atoms with Crippen LogP contribution in [-0.4, -0.2) is 25.3 Å². The molecule has 16 heavy (non-hydrogen) atoms. The molecule has 0 saturated heterocycles. The third-order valence-electron chi connectivity index (χ3n) is 2.93. The lowest BCUT2D eigenvalue weighted by Crippen LogP contribution is -2.37. The average Bonchev–Trinajstić information content (AvgIpc) is 2.27. The summed E-state index contributed by atoms with van der Waals surface area (Å²) in [6.07, 6.45) is 13.3. The second kappa shape index (κ2) is 9.71. The molecule has 0 aromatic rings. The summed E-state index contributed by atoms with van der Waals surface area (Å²) in [7, 11) is 4.13. The summed E-state index contributed by atoms with van der Waals surface area (Å²) in [6.45, 7) is 5.37. The first-order valence-electron chi connectivity index (χ1n) is 6.78. The summed E-state index contributed by atoms with van der Waals surface area (Å²) in [5.41, 5.74) is 0. The lowest BCUT2D eigenvalue weighted by Gasteiger charge is -2.23. The van der Waals surface area contributed by atoms with Gasteiger partial charge in [-0.15, -0.1) is 4.65 Å². The number of quaternary nitrogens is 1. The Labute approximate surface area is 102 Å². The molecule has 0 N–H and O–H groups in total. The molecule has 0 aromatic heterocycles. The Bertz CT molecular complexity index is 176. The maximum atomic E-state index is 5.58. The molecule has 0 aromatic carbocycles. The lowest BCUT2D eigenvalue weighted by atomic mass is 10.1. The van der Waals surface area contributed by atoms with E-state index in [-0.39, 0.29) is 0 Å². The van der Waals surface area contributed by atoms with Crippen molar-refractivity contribution in [2.24, 2.45) is 0 Å². The number of rotatable bonds is 10. The summed E-state index contributed by atoms with van der Waals surface area (Å²) in [5.74, 6) is 0. The molecule has 0 aliphatic carbocycles. The number of hydrogen-bond acceptors (Lipinski definition) is 1. The first-order valence-corrected chi connectivity index (χ1v) is 6.78. The second-order valence-corrected chi connectivity index (χ2v) is 4.92. The maximum Gasteiger partial charge on any atom is 0.150 e. The van der Waals surface area contributed by atoms with Gasteiger partial charge in [0.2, 0.25) is 0 Å². The van der Waals surface area contributed by atoms with E-state index in [2.05, 4.69) is 34.0 Å². The van der Waals surface area contributed by atoms with Crippen LogP contribution in [0.2, 0.25) is 0 Å². The lowest BCUT2D eigenvalue weighted by molar-refractivity contribution is -1.06. The first kappa shape index (κ1) is 15.5. The molecule has 0 saturated carbocycles. The van der Waals surface area contributed by atoms with E-state index in [0.717, 1.165) is 13.0 Å². The van der Waals surface area contributed by atoms with Crippen LogP contribution < -0.4 is 0 Å². The van der Waals surface area contributed by atoms with Gasteiger partial charge >= 0.3 is 0 Å². The largest absolute Gasteiger partial charge is 0.324 e. The SMILES string of the molecule is CCCCCCCCC=CO[N+](C)(C)CC. The van der Waals surface area contributed by atoms with Gasteiger partial charge in [0.1, 0.15) is 20.6 Å². The van der Waals surface area contributed by atoms with Gasteiger partial charge in [-0.25, -0.2) is 0 Å². The fraction of sp³-hybridized carbons (Fsp3) is 0.857. The first-order chi connectivity index (χ1) is 7.62. The zero-order valence-electron chi connectivity index (χ0n) is 11.7. The molecule has 0 radical (unpaired) electrons. The van der Waals surface area contributed by atoms with Gasteiger partial charge in [-0.1, -0.05) is 39.0 Å². The normalized spacial score (nSPS) is 12.2. The minimum absolute atomic E-state index is 0.604. The zero-order valence-corrected chi connectivity index (χ0v) is 11.7. The van der Waals surface area contributed by atoms with E-state index in [4.69, 9.17) is 4.84 Å². The van der Waals surface area contributed by atoms with Crippen molar-refractivity contribution >= 4 is 0 Å². The smallest absolute Gasteiger partial charge is 0.150 e. The summed E-state index contributed by atoms with van der Waals surface area (Å²) >= 11 is 0. The molecule has 0 aliphatic heterocycles. The number of unbranched alkanes of at least 4 members (excludes halogenated alkanes) is 6. The molecule has 0 fully saturated rings. The summed E-state index contributed by atoms with van der Waals surface area (Å²) < 4.78 is 0.604. The van der Waals surface area contributed by atoms with Crippen molar-refractivity contribution < 1.29 is 9.48 Å². The van der Waals surface area contributed by atoms with Crippen LogP contribution in [0.25, 0.3) is 0 Å². The van der Waals surface area contributed by atoms with Crippen LogP contribution in [0.4, 0.5) is 0 Å². The van der Waals surface area contributed by atoms with Crippen LogP contribution >= 0.6 is 0 Å². The Morgan fingerprint density at radius 1 is 0.938 bits per heavy atom. The van der Waals surface area contributed by atoms with Crippen molar-refractivity contribution in [2.45, 2.75) is 58.8 Å². The van der Waals surface area contributed by atoms with Gasteiger partial charge in [0.25, 0.3) is 0 Å². The molecule has 0 unspecified atom stereocenters. The average molecular weight is 228 g/mol. The Hall–Kier alpha value is -0.500. The molecule has 0 spiro atoms. The number of nitrogens with zero attached hydrogens (tertiary/aromatic N) is 1. The molecular weight excluding hydrogens is 198 g/mol. The highest BCUT2D eigenvalue weighted by Crippen LogP contribution is 2.07. The molecule has 0 heterocycles. The minimum Gasteiger partial charge on any atom is -0.324 e. The quantitative estimate of drug-likeness (QED) is 0.235. The minimum atomic E-state index is 0.604. The summed E-state index contributed by atoms with van der Waals surface area (Å²) in [4.78, 5) is 5.58. The molecule has 0 rings (SSSR count). The monoisotopic (exact) mass is 228 g/mol. The third kappa shape index (κ3) is 10.0. The van der Waals surface area contributed by atoms with Gasteiger partial charge in [-0.3, -0.25) is 0 Å². The van der Waals surface area contributed by atoms with Crippen LogP contribution in [0.15, 0.2) is 12.3 Å². The third-order valence-corrected chi connectivity index (χ3v) is 2.93. The van der Waals surface area contributed by atoms with Crippen LogP contribution in [-0.2, 0) is 4.84 Å². The summed E-state index contributed by atoms with van der Waals surface area (Å²) in [6, 6.07) is 0. The van der Waals surface area contributed by atoms with E-state index < -0.39 is 0 Å². The highest BCUT2D eigenvalue weighted by molar-refractivity contribution is 4.71. The Kier molecular flexibility index (Phi) is 9.40. The highest BCUT2D eigenvalue weighted by Gasteiger charge is 2.10. The fourth-order valence-electron chi connectivity index (χ4n) is 1.39. The standard InChI is InChI=1S/C14H30NO/c1-5-7-8-9-10-11-12-13-14-16-15(3,4)6-2/h13-14H,5-12H2,1-4H3/q+1. The Morgan fingerprint density at radius 3 is 2.19 bits per heavy atom. The highest BCUT2D eigenvalue weighted by atomic mass is 16.7. The van der Waals surface area contributed by atoms with Gasteiger partial charge < -0.3 is 4.84 Å². The topological polar surface area (TPSA) is 9.23 Å². The van der Waals surface area contributed by atoms with Crippen molar-refractivity contribution in [3.63, 3.8) is 0 Å². The zero-order chi connectivity index (χ0) is 12.3. The second-order valence-electron chi connectivity index (χ2n) is 4.92. The molecule has 0 bridgehead atoms. The Balaban J connectivity index is 3.28. The molecule has 0 aliphatic rings. The van der Waals surface area contributed by atoms with Crippen molar-refractivity contribution in [3.8, 4) is 0 Å². The van der Waals surface area contributed by atoms with E-state index >= 15 is 0 Å². The molecule has 0 amide bonds. The van der Waals surface area contributed by atoms with Crippen LogP contribution in [0.1, 0.15) is 58.8 Å². The molecule has 0 atom stereocenters. The van der Waals surface area contributed by atoms with Gasteiger partial charge in [0.05, 0.1) is 0 Å². The number of allylic oxidation sites excluding steroid dienone is 1. The van der Waals surface area contributed by atoms with E-state index in [0.29, 0.717) is 4.65 Å². The number of hydrogen-bond donors (Lipinski definition) is 0. The van der Waals surface area contributed by atoms with Crippen LogP contribution in [0, 0.1) is 0 Å². The van der Waals surface area contributed by atoms with Gasteiger partial charge in [-0.2, -0.15) is 0 Å². The summed E-state index contributed by atoms with van der Waals surface area (Å²) in [5, 5.41) is 0. The van der Waals surface area contributed by atoms with Crippen molar-refractivity contribution in [2.75, 3.05) is 20.6 Å². The van der Waals surface area contributed by atoms with Gasteiger partial charge in [0, 0.05) is 0 Å². The molecule has 96 valence electrons. The predicted octanol–water partition coefficient (Wildman–Crippen LogP) is 4.28. The van der Waals surface area contributed by atoms with E-state index in [1.807, 2.05) is 6.26 Å². The van der Waals surface area contributed by atoms with Crippen LogP contribution in [0.3, 0.4) is 0 Å². The van der Waals surface area contributed by atoms with E-state index in [1.165, 1.54) is 38.5 Å².